The van der Waals surface area contributed by atoms with E-state index < -0.39 is 0 Å². The van der Waals surface area contributed by atoms with Crippen molar-refractivity contribution in [3.63, 3.8) is 0 Å². The summed E-state index contributed by atoms with van der Waals surface area (Å²) in [5, 5.41) is 6.05. The second-order valence-corrected chi connectivity index (χ2v) is 6.23. The van der Waals surface area contributed by atoms with Gasteiger partial charge < -0.3 is 19.8 Å². The number of amides is 1. The van der Waals surface area contributed by atoms with Crippen molar-refractivity contribution < 1.29 is 13.9 Å². The monoisotopic (exact) mass is 385 g/mol. The smallest absolute Gasteiger partial charge is 0.274 e. The van der Waals surface area contributed by atoms with E-state index in [1.54, 1.807) is 36.7 Å². The average molecular weight is 385 g/mol. The summed E-state index contributed by atoms with van der Waals surface area (Å²) >= 11 is 0. The molecule has 4 rings (SSSR count). The number of ether oxygens (including phenoxy) is 1. The summed E-state index contributed by atoms with van der Waals surface area (Å²) in [7, 11) is 0. The normalized spacial score (nSPS) is 10.3. The number of benzene rings is 2. The second kappa shape index (κ2) is 8.75. The van der Waals surface area contributed by atoms with Gasteiger partial charge in [-0.1, -0.05) is 30.3 Å². The first-order chi connectivity index (χ1) is 14.3. The first kappa shape index (κ1) is 18.3. The molecule has 0 unspecified atom stereocenters. The molecule has 0 aliphatic carbocycles. The van der Waals surface area contributed by atoms with Crippen LogP contribution in [0.3, 0.4) is 0 Å². The molecule has 0 saturated carbocycles. The van der Waals surface area contributed by atoms with Crippen molar-refractivity contribution >= 4 is 17.3 Å². The molecule has 1 amide bonds. The van der Waals surface area contributed by atoms with Crippen LogP contribution in [-0.2, 0) is 6.54 Å². The molecule has 2 aromatic heterocycles. The number of rotatable bonds is 7. The molecule has 29 heavy (non-hydrogen) atoms. The second-order valence-electron chi connectivity index (χ2n) is 6.23. The van der Waals surface area contributed by atoms with Gasteiger partial charge in [0.2, 0.25) is 0 Å². The summed E-state index contributed by atoms with van der Waals surface area (Å²) in [4.78, 5) is 16.9. The number of hydrogen-bond donors (Lipinski definition) is 2. The van der Waals surface area contributed by atoms with Crippen molar-refractivity contribution in [3.8, 4) is 11.5 Å². The molecule has 2 N–H and O–H groups in total. The molecule has 0 fully saturated rings. The largest absolute Gasteiger partial charge is 0.467 e. The summed E-state index contributed by atoms with van der Waals surface area (Å²) in [6.45, 7) is 0.546. The van der Waals surface area contributed by atoms with Crippen LogP contribution >= 0.6 is 0 Å². The van der Waals surface area contributed by atoms with Crippen LogP contribution in [0.15, 0.2) is 95.7 Å². The van der Waals surface area contributed by atoms with Crippen molar-refractivity contribution in [1.82, 2.24) is 4.98 Å². The highest BCUT2D eigenvalue weighted by Gasteiger charge is 2.11. The van der Waals surface area contributed by atoms with Gasteiger partial charge in [0.05, 0.1) is 30.4 Å². The van der Waals surface area contributed by atoms with Gasteiger partial charge in [-0.3, -0.25) is 4.79 Å². The Kier molecular flexibility index (Phi) is 5.53. The van der Waals surface area contributed by atoms with Crippen LogP contribution in [0.2, 0.25) is 0 Å². The van der Waals surface area contributed by atoms with E-state index in [1.807, 2.05) is 54.6 Å². The maximum atomic E-state index is 12.6. The lowest BCUT2D eigenvalue weighted by Gasteiger charge is -2.12. The van der Waals surface area contributed by atoms with Gasteiger partial charge in [0.15, 0.2) is 5.75 Å². The Morgan fingerprint density at radius 3 is 2.52 bits per heavy atom. The van der Waals surface area contributed by atoms with Crippen LogP contribution < -0.4 is 15.4 Å². The van der Waals surface area contributed by atoms with E-state index in [1.165, 1.54) is 0 Å². The highest BCUT2D eigenvalue weighted by molar-refractivity contribution is 6.03. The zero-order valence-electron chi connectivity index (χ0n) is 15.5. The van der Waals surface area contributed by atoms with E-state index in [9.17, 15) is 4.79 Å². The summed E-state index contributed by atoms with van der Waals surface area (Å²) in [6, 6.07) is 23.9. The fourth-order valence-corrected chi connectivity index (χ4v) is 2.70. The van der Waals surface area contributed by atoms with Gasteiger partial charge in [-0.05, 0) is 48.5 Å². The molecule has 6 nitrogen and oxygen atoms in total. The van der Waals surface area contributed by atoms with E-state index in [0.29, 0.717) is 29.4 Å². The first-order valence-electron chi connectivity index (χ1n) is 9.13. The van der Waals surface area contributed by atoms with Gasteiger partial charge in [-0.2, -0.15) is 0 Å². The number of nitrogens with zero attached hydrogens (tertiary/aromatic N) is 1. The van der Waals surface area contributed by atoms with Crippen molar-refractivity contribution in [2.75, 3.05) is 10.6 Å². The number of aromatic nitrogens is 1. The molecular formula is C23H19N3O3. The minimum Gasteiger partial charge on any atom is -0.467 e. The Morgan fingerprint density at radius 2 is 1.76 bits per heavy atom. The highest BCUT2D eigenvalue weighted by atomic mass is 16.5. The van der Waals surface area contributed by atoms with E-state index in [0.717, 1.165) is 11.4 Å². The Hall–Kier alpha value is -4.06. The number of carbonyl (C=O) groups excluding carboxylic acids is 1. The molecule has 0 aliphatic rings. The number of furan rings is 1. The standard InChI is InChI=1S/C23H19N3O3/c27-23(21-13-12-17(15-25-21)24-16-19-9-6-14-28-19)26-20-10-4-5-11-22(20)29-18-7-2-1-3-8-18/h1-15,24H,16H2,(H,26,27). The van der Waals surface area contributed by atoms with Gasteiger partial charge in [-0.25, -0.2) is 4.98 Å². The number of pyridine rings is 1. The third kappa shape index (κ3) is 4.81. The fourth-order valence-electron chi connectivity index (χ4n) is 2.70. The number of para-hydroxylation sites is 3. The molecule has 2 heterocycles. The van der Waals surface area contributed by atoms with Crippen molar-refractivity contribution in [1.29, 1.82) is 0 Å². The molecular weight excluding hydrogens is 366 g/mol. The van der Waals surface area contributed by atoms with Gasteiger partial charge >= 0.3 is 0 Å². The molecule has 0 atom stereocenters. The highest BCUT2D eigenvalue weighted by Crippen LogP contribution is 2.29. The SMILES string of the molecule is O=C(Nc1ccccc1Oc1ccccc1)c1ccc(NCc2ccco2)cn1. The third-order valence-electron chi connectivity index (χ3n) is 4.15. The molecule has 0 saturated heterocycles. The van der Waals surface area contributed by atoms with Gasteiger partial charge in [0.25, 0.3) is 5.91 Å². The zero-order valence-corrected chi connectivity index (χ0v) is 15.5. The zero-order chi connectivity index (χ0) is 19.9. The fraction of sp³-hybridized carbons (Fsp3) is 0.0435. The third-order valence-corrected chi connectivity index (χ3v) is 4.15. The van der Waals surface area contributed by atoms with E-state index in [-0.39, 0.29) is 5.91 Å². The van der Waals surface area contributed by atoms with Crippen molar-refractivity contribution in [3.05, 3.63) is 103 Å². The minimum absolute atomic E-state index is 0.308. The summed E-state index contributed by atoms with van der Waals surface area (Å²) < 4.78 is 11.2. The molecule has 0 radical (unpaired) electrons. The summed E-state index contributed by atoms with van der Waals surface area (Å²) in [6.07, 6.45) is 3.24. The first-order valence-corrected chi connectivity index (χ1v) is 9.13. The summed E-state index contributed by atoms with van der Waals surface area (Å²) in [5.41, 5.74) is 1.68. The molecule has 0 aliphatic heterocycles. The van der Waals surface area contributed by atoms with Crippen LogP contribution in [0.25, 0.3) is 0 Å². The average Bonchev–Trinajstić information content (AvgIpc) is 3.28. The number of carbonyl (C=O) groups is 1. The Balaban J connectivity index is 1.41. The predicted octanol–water partition coefficient (Wildman–Crippen LogP) is 5.33. The molecule has 0 bridgehead atoms. The van der Waals surface area contributed by atoms with Crippen molar-refractivity contribution in [2.24, 2.45) is 0 Å². The molecule has 0 spiro atoms. The van der Waals surface area contributed by atoms with Gasteiger partial charge in [0.1, 0.15) is 17.2 Å². The topological polar surface area (TPSA) is 76.4 Å². The van der Waals surface area contributed by atoms with Crippen LogP contribution in [0.5, 0.6) is 11.5 Å². The van der Waals surface area contributed by atoms with Gasteiger partial charge in [-0.15, -0.1) is 0 Å². The lowest BCUT2D eigenvalue weighted by molar-refractivity contribution is 0.102. The quantitative estimate of drug-likeness (QED) is 0.450. The Labute approximate surface area is 168 Å². The maximum Gasteiger partial charge on any atom is 0.274 e. The van der Waals surface area contributed by atoms with Crippen molar-refractivity contribution in [2.45, 2.75) is 6.54 Å². The molecule has 144 valence electrons. The number of nitrogens with one attached hydrogen (secondary N) is 2. The van der Waals surface area contributed by atoms with Crippen LogP contribution in [-0.4, -0.2) is 10.9 Å². The van der Waals surface area contributed by atoms with Gasteiger partial charge in [0, 0.05) is 0 Å². The van der Waals surface area contributed by atoms with E-state index in [4.69, 9.17) is 9.15 Å². The van der Waals surface area contributed by atoms with Crippen LogP contribution in [0.1, 0.15) is 16.2 Å². The van der Waals surface area contributed by atoms with E-state index in [2.05, 4.69) is 15.6 Å². The summed E-state index contributed by atoms with van der Waals surface area (Å²) in [5.74, 6) is 1.76. The lowest BCUT2D eigenvalue weighted by Crippen LogP contribution is -2.14. The Bertz CT molecular complexity index is 1060. The molecule has 2 aromatic carbocycles. The number of anilines is 2. The van der Waals surface area contributed by atoms with E-state index >= 15 is 0 Å². The maximum absolute atomic E-state index is 12.6. The Morgan fingerprint density at radius 1 is 0.931 bits per heavy atom. The lowest BCUT2D eigenvalue weighted by atomic mass is 10.2. The molecule has 6 heteroatoms. The number of hydrogen-bond acceptors (Lipinski definition) is 5. The molecule has 4 aromatic rings. The van der Waals surface area contributed by atoms with Crippen LogP contribution in [0.4, 0.5) is 11.4 Å². The van der Waals surface area contributed by atoms with Crippen LogP contribution in [0, 0.1) is 0 Å². The predicted molar refractivity (Wildman–Crippen MR) is 111 cm³/mol. The minimum atomic E-state index is -0.313.